The lowest BCUT2D eigenvalue weighted by atomic mass is 9.75. The Bertz CT molecular complexity index is 1620. The molecule has 12 heteroatoms. The molecule has 256 valence electrons. The summed E-state index contributed by atoms with van der Waals surface area (Å²) in [6.45, 7) is 16.2. The number of piperidine rings is 2. The Morgan fingerprint density at radius 2 is 1.72 bits per heavy atom. The number of nitrogens with zero attached hydrogens (tertiary/aromatic N) is 6. The molecule has 5 heterocycles. The van der Waals surface area contributed by atoms with Gasteiger partial charge in [0.15, 0.2) is 17.5 Å². The summed E-state index contributed by atoms with van der Waals surface area (Å²) in [7, 11) is 1.86. The van der Waals surface area contributed by atoms with Gasteiger partial charge in [-0.3, -0.25) is 19.4 Å². The molecule has 3 saturated heterocycles. The van der Waals surface area contributed by atoms with E-state index < -0.39 is 45.8 Å². The standard InChI is InChI=1S/C35H46ClF3N6O2/c1-32(2,3)45-14-11-21(23(18-45)20-9-10-24(37)27(39)26(20)38)30(46)44-15-12-35(13-16-44)28-22(17-25(36)34(6,7)42-28)29(47-35)33(4,5)31-40-19-41-43(31)8/h9-10,17,19,21,23,25,29H,11-16,18H2,1-8H3/t21?,23-,25?,29?/m0/s1. The topological polar surface area (TPSA) is 75.8 Å². The number of alkyl halides is 1. The van der Waals surface area contributed by atoms with Gasteiger partial charge in [0, 0.05) is 49.6 Å². The van der Waals surface area contributed by atoms with Crippen LogP contribution in [0, 0.1) is 23.4 Å². The lowest BCUT2D eigenvalue weighted by Crippen LogP contribution is -2.55. The quantitative estimate of drug-likeness (QED) is 0.297. The van der Waals surface area contributed by atoms with Crippen LogP contribution in [0.2, 0.25) is 0 Å². The van der Waals surface area contributed by atoms with E-state index in [-0.39, 0.29) is 28.5 Å². The second-order valence-corrected chi connectivity index (χ2v) is 16.2. The fraction of sp³-hybridized carbons (Fsp3) is 0.657. The first kappa shape index (κ1) is 34.1. The molecule has 47 heavy (non-hydrogen) atoms. The van der Waals surface area contributed by atoms with Crippen molar-refractivity contribution in [3.05, 3.63) is 58.9 Å². The van der Waals surface area contributed by atoms with Gasteiger partial charge in [-0.05, 0) is 85.9 Å². The third-order valence-electron chi connectivity index (χ3n) is 10.9. The molecular formula is C35H46ClF3N6O2. The summed E-state index contributed by atoms with van der Waals surface area (Å²) in [6, 6.07) is 2.25. The van der Waals surface area contributed by atoms with Crippen molar-refractivity contribution < 1.29 is 22.7 Å². The molecule has 4 aliphatic heterocycles. The first-order valence-electron chi connectivity index (χ1n) is 16.5. The number of dihydropyridines is 1. The molecule has 0 aliphatic carbocycles. The number of fused-ring (bicyclic) bond motifs is 2. The highest BCUT2D eigenvalue weighted by Gasteiger charge is 2.58. The van der Waals surface area contributed by atoms with Crippen molar-refractivity contribution in [2.75, 3.05) is 26.2 Å². The highest BCUT2D eigenvalue weighted by molar-refractivity contribution is 6.24. The molecule has 0 saturated carbocycles. The van der Waals surface area contributed by atoms with E-state index in [2.05, 4.69) is 55.7 Å². The van der Waals surface area contributed by atoms with Crippen molar-refractivity contribution >= 4 is 23.2 Å². The van der Waals surface area contributed by atoms with Crippen LogP contribution in [0.15, 0.2) is 35.1 Å². The lowest BCUT2D eigenvalue weighted by Gasteiger charge is -2.47. The Morgan fingerprint density at radius 1 is 1.04 bits per heavy atom. The van der Waals surface area contributed by atoms with Crippen LogP contribution in [-0.4, -0.2) is 90.5 Å². The molecule has 0 bridgehead atoms. The first-order valence-corrected chi connectivity index (χ1v) is 17.0. The van der Waals surface area contributed by atoms with E-state index in [1.54, 1.807) is 4.68 Å². The molecule has 1 aromatic carbocycles. The minimum atomic E-state index is -1.50. The monoisotopic (exact) mass is 674 g/mol. The number of hydrogen-bond acceptors (Lipinski definition) is 6. The molecule has 3 unspecified atom stereocenters. The molecule has 4 atom stereocenters. The van der Waals surface area contributed by atoms with Crippen LogP contribution in [0.25, 0.3) is 0 Å². The minimum absolute atomic E-state index is 0.0434. The number of ether oxygens (including phenoxy) is 1. The number of halogens is 4. The molecule has 3 fully saturated rings. The van der Waals surface area contributed by atoms with Crippen LogP contribution in [0.1, 0.15) is 85.0 Å². The van der Waals surface area contributed by atoms with Gasteiger partial charge in [0.25, 0.3) is 0 Å². The van der Waals surface area contributed by atoms with Crippen LogP contribution in [-0.2, 0) is 22.0 Å². The average Bonchev–Trinajstić information content (AvgIpc) is 3.57. The SMILES string of the molecule is Cn1ncnc1C(C)(C)C1OC2(CCN(C(=O)C3CCN(C(C)(C)C)C[C@H]3c3ccc(F)c(F)c3F)CC2)C2=NC(C)(C)C(Cl)C=C21. The predicted octanol–water partition coefficient (Wildman–Crippen LogP) is 5.94. The summed E-state index contributed by atoms with van der Waals surface area (Å²) in [5.74, 6) is -4.48. The number of hydrogen-bond donors (Lipinski definition) is 0. The maximum absolute atomic E-state index is 15.2. The number of benzene rings is 1. The molecule has 1 aromatic heterocycles. The van der Waals surface area contributed by atoms with Gasteiger partial charge in [-0.15, -0.1) is 11.6 Å². The largest absolute Gasteiger partial charge is 0.360 e. The Hall–Kier alpha value is -2.76. The van der Waals surface area contributed by atoms with Gasteiger partial charge in [-0.25, -0.2) is 18.2 Å². The third-order valence-corrected chi connectivity index (χ3v) is 11.6. The second-order valence-electron chi connectivity index (χ2n) is 15.8. The Kier molecular flexibility index (Phi) is 8.48. The van der Waals surface area contributed by atoms with Crippen molar-refractivity contribution in [3.63, 3.8) is 0 Å². The molecule has 1 spiro atoms. The van der Waals surface area contributed by atoms with Crippen LogP contribution in [0.5, 0.6) is 0 Å². The van der Waals surface area contributed by atoms with E-state index in [1.807, 2.05) is 25.8 Å². The van der Waals surface area contributed by atoms with Crippen molar-refractivity contribution in [2.45, 2.75) is 107 Å². The third kappa shape index (κ3) is 5.73. The van der Waals surface area contributed by atoms with E-state index in [0.717, 1.165) is 23.2 Å². The molecule has 2 aromatic rings. The highest BCUT2D eigenvalue weighted by atomic mass is 35.5. The number of carbonyl (C=O) groups is 1. The van der Waals surface area contributed by atoms with Gasteiger partial charge in [-0.1, -0.05) is 12.1 Å². The molecule has 4 aliphatic rings. The fourth-order valence-corrected chi connectivity index (χ4v) is 8.17. The molecule has 8 nitrogen and oxygen atoms in total. The number of aromatic nitrogens is 3. The van der Waals surface area contributed by atoms with E-state index in [1.165, 1.54) is 12.4 Å². The number of carbonyl (C=O) groups excluding carboxylic acids is 1. The lowest BCUT2D eigenvalue weighted by molar-refractivity contribution is -0.143. The summed E-state index contributed by atoms with van der Waals surface area (Å²) in [4.78, 5) is 28.1. The Morgan fingerprint density at radius 3 is 2.34 bits per heavy atom. The summed E-state index contributed by atoms with van der Waals surface area (Å²) in [5.41, 5.74) is -0.186. The number of likely N-dealkylation sites (tertiary alicyclic amines) is 2. The minimum Gasteiger partial charge on any atom is -0.360 e. The van der Waals surface area contributed by atoms with Crippen LogP contribution in [0.3, 0.4) is 0 Å². The average molecular weight is 675 g/mol. The van der Waals surface area contributed by atoms with Crippen LogP contribution >= 0.6 is 11.6 Å². The zero-order valence-electron chi connectivity index (χ0n) is 28.6. The summed E-state index contributed by atoms with van der Waals surface area (Å²) in [5, 5.41) is 3.97. The molecular weight excluding hydrogens is 629 g/mol. The van der Waals surface area contributed by atoms with E-state index >= 15 is 4.39 Å². The maximum Gasteiger partial charge on any atom is 0.226 e. The first-order chi connectivity index (χ1) is 21.9. The fourth-order valence-electron chi connectivity index (χ4n) is 7.99. The Labute approximate surface area is 280 Å². The second kappa shape index (κ2) is 11.7. The van der Waals surface area contributed by atoms with Gasteiger partial charge in [0.1, 0.15) is 17.8 Å². The smallest absolute Gasteiger partial charge is 0.226 e. The van der Waals surface area contributed by atoms with E-state index in [4.69, 9.17) is 21.3 Å². The van der Waals surface area contributed by atoms with Crippen molar-refractivity contribution in [1.29, 1.82) is 0 Å². The van der Waals surface area contributed by atoms with Gasteiger partial charge < -0.3 is 9.64 Å². The zero-order valence-corrected chi connectivity index (χ0v) is 29.3. The van der Waals surface area contributed by atoms with Gasteiger partial charge in [-0.2, -0.15) is 5.10 Å². The summed E-state index contributed by atoms with van der Waals surface area (Å²) < 4.78 is 52.5. The van der Waals surface area contributed by atoms with Crippen LogP contribution in [0.4, 0.5) is 13.2 Å². The number of aliphatic imine (C=N–C) groups is 1. The van der Waals surface area contributed by atoms with Crippen molar-refractivity contribution in [2.24, 2.45) is 18.0 Å². The van der Waals surface area contributed by atoms with Crippen molar-refractivity contribution in [3.8, 4) is 0 Å². The number of aryl methyl sites for hydroxylation is 1. The molecule has 0 radical (unpaired) electrons. The van der Waals surface area contributed by atoms with E-state index in [9.17, 15) is 13.6 Å². The Balaban J connectivity index is 1.28. The molecule has 6 rings (SSSR count). The van der Waals surface area contributed by atoms with Gasteiger partial charge >= 0.3 is 0 Å². The number of rotatable bonds is 4. The van der Waals surface area contributed by atoms with E-state index in [0.29, 0.717) is 45.4 Å². The van der Waals surface area contributed by atoms with Crippen molar-refractivity contribution in [1.82, 2.24) is 24.6 Å². The number of amides is 1. The maximum atomic E-state index is 15.2. The normalized spacial score (nSPS) is 27.9. The zero-order chi connectivity index (χ0) is 34.3. The summed E-state index contributed by atoms with van der Waals surface area (Å²) >= 11 is 6.86. The molecule has 1 amide bonds. The van der Waals surface area contributed by atoms with Gasteiger partial charge in [0.2, 0.25) is 5.91 Å². The van der Waals surface area contributed by atoms with Gasteiger partial charge in [0.05, 0.1) is 28.1 Å². The predicted molar refractivity (Wildman–Crippen MR) is 175 cm³/mol. The molecule has 0 N–H and O–H groups in total. The summed E-state index contributed by atoms with van der Waals surface area (Å²) in [6.07, 6.45) is 4.75. The highest BCUT2D eigenvalue weighted by Crippen LogP contribution is 2.50. The van der Waals surface area contributed by atoms with Crippen LogP contribution < -0.4 is 0 Å².